The predicted octanol–water partition coefficient (Wildman–Crippen LogP) is 2.75. The number of hydrogen-bond acceptors (Lipinski definition) is 3. The van der Waals surface area contributed by atoms with Gasteiger partial charge >= 0.3 is 5.97 Å². The molecule has 4 heteroatoms. The Bertz CT molecular complexity index is 165. The molecule has 0 rings (SSSR count). The molecular formula is C12H25NO2S. The van der Waals surface area contributed by atoms with Crippen molar-refractivity contribution in [2.45, 2.75) is 44.9 Å². The Morgan fingerprint density at radius 1 is 1.06 bits per heavy atom. The molecule has 3 nitrogen and oxygen atoms in total. The van der Waals surface area contributed by atoms with Crippen molar-refractivity contribution < 1.29 is 9.90 Å². The highest BCUT2D eigenvalue weighted by Crippen LogP contribution is 2.01. The average molecular weight is 247 g/mol. The fraction of sp³-hybridized carbons (Fsp3) is 0.917. The minimum atomic E-state index is -0.679. The summed E-state index contributed by atoms with van der Waals surface area (Å²) in [6.45, 7) is 2.13. The van der Waals surface area contributed by atoms with Crippen LogP contribution in [0.25, 0.3) is 0 Å². The standard InChI is InChI=1S/C12H25NO2S/c1-16-11-7-3-6-10-13-9-5-2-4-8-12(14)15/h13H,2-11H2,1H3,(H,14,15). The van der Waals surface area contributed by atoms with Gasteiger partial charge in [-0.05, 0) is 50.8 Å². The Kier molecular flexibility index (Phi) is 12.7. The third kappa shape index (κ3) is 13.8. The van der Waals surface area contributed by atoms with Crippen molar-refractivity contribution in [3.05, 3.63) is 0 Å². The van der Waals surface area contributed by atoms with E-state index in [1.165, 1.54) is 25.0 Å². The van der Waals surface area contributed by atoms with Crippen molar-refractivity contribution in [3.8, 4) is 0 Å². The highest BCUT2D eigenvalue weighted by molar-refractivity contribution is 7.98. The summed E-state index contributed by atoms with van der Waals surface area (Å²) in [5, 5.41) is 11.8. The highest BCUT2D eigenvalue weighted by Gasteiger charge is 1.96. The van der Waals surface area contributed by atoms with Crippen LogP contribution in [0.2, 0.25) is 0 Å². The summed E-state index contributed by atoms with van der Waals surface area (Å²) in [5.74, 6) is 0.594. The topological polar surface area (TPSA) is 49.3 Å². The first-order valence-electron chi connectivity index (χ1n) is 6.19. The Hall–Kier alpha value is -0.220. The molecule has 0 saturated heterocycles. The van der Waals surface area contributed by atoms with Crippen molar-refractivity contribution in [2.75, 3.05) is 25.1 Å². The Balaban J connectivity index is 2.90. The van der Waals surface area contributed by atoms with Crippen LogP contribution in [0.15, 0.2) is 0 Å². The van der Waals surface area contributed by atoms with Crippen molar-refractivity contribution in [1.29, 1.82) is 0 Å². The second kappa shape index (κ2) is 12.8. The molecule has 0 bridgehead atoms. The molecule has 0 fully saturated rings. The minimum Gasteiger partial charge on any atom is -0.481 e. The normalized spacial score (nSPS) is 10.6. The van der Waals surface area contributed by atoms with Crippen LogP contribution in [0.3, 0.4) is 0 Å². The third-order valence-corrected chi connectivity index (χ3v) is 3.14. The van der Waals surface area contributed by atoms with E-state index in [1.807, 2.05) is 11.8 Å². The van der Waals surface area contributed by atoms with Gasteiger partial charge < -0.3 is 10.4 Å². The molecule has 0 aromatic heterocycles. The zero-order chi connectivity index (χ0) is 12.1. The van der Waals surface area contributed by atoms with E-state index in [4.69, 9.17) is 5.11 Å². The maximum Gasteiger partial charge on any atom is 0.303 e. The largest absolute Gasteiger partial charge is 0.481 e. The molecule has 0 saturated carbocycles. The van der Waals surface area contributed by atoms with Gasteiger partial charge in [0.1, 0.15) is 0 Å². The quantitative estimate of drug-likeness (QED) is 0.521. The lowest BCUT2D eigenvalue weighted by Crippen LogP contribution is -2.16. The summed E-state index contributed by atoms with van der Waals surface area (Å²) in [6, 6.07) is 0. The van der Waals surface area contributed by atoms with Crippen LogP contribution in [0, 0.1) is 0 Å². The lowest BCUT2D eigenvalue weighted by atomic mass is 10.2. The van der Waals surface area contributed by atoms with Crippen LogP contribution in [0.5, 0.6) is 0 Å². The van der Waals surface area contributed by atoms with Gasteiger partial charge in [-0.3, -0.25) is 4.79 Å². The van der Waals surface area contributed by atoms with Crippen molar-refractivity contribution >= 4 is 17.7 Å². The molecule has 0 aliphatic carbocycles. The molecule has 0 aliphatic heterocycles. The summed E-state index contributed by atoms with van der Waals surface area (Å²) in [7, 11) is 0. The number of aliphatic carboxylic acids is 1. The number of carbonyl (C=O) groups is 1. The molecule has 2 N–H and O–H groups in total. The van der Waals surface area contributed by atoms with Crippen molar-refractivity contribution in [3.63, 3.8) is 0 Å². The molecule has 0 aromatic carbocycles. The first-order valence-corrected chi connectivity index (χ1v) is 7.58. The van der Waals surface area contributed by atoms with Gasteiger partial charge in [-0.15, -0.1) is 0 Å². The fourth-order valence-corrected chi connectivity index (χ4v) is 1.99. The van der Waals surface area contributed by atoms with Gasteiger partial charge in [0, 0.05) is 6.42 Å². The molecule has 0 heterocycles. The third-order valence-electron chi connectivity index (χ3n) is 2.45. The molecular weight excluding hydrogens is 222 g/mol. The van der Waals surface area contributed by atoms with Gasteiger partial charge in [-0.2, -0.15) is 11.8 Å². The molecule has 0 atom stereocenters. The number of unbranched alkanes of at least 4 members (excludes halogenated alkanes) is 4. The molecule has 0 radical (unpaired) electrons. The SMILES string of the molecule is CSCCCCCNCCCCCC(=O)O. The number of nitrogens with one attached hydrogen (secondary N) is 1. The maximum atomic E-state index is 10.2. The number of thioether (sulfide) groups is 1. The summed E-state index contributed by atoms with van der Waals surface area (Å²) in [6.07, 6.45) is 9.28. The molecule has 0 unspecified atom stereocenters. The lowest BCUT2D eigenvalue weighted by molar-refractivity contribution is -0.137. The van der Waals surface area contributed by atoms with E-state index in [0.717, 1.165) is 32.4 Å². The molecule has 16 heavy (non-hydrogen) atoms. The second-order valence-corrected chi connectivity index (χ2v) is 4.99. The molecule has 96 valence electrons. The molecule has 0 spiro atoms. The second-order valence-electron chi connectivity index (χ2n) is 4.01. The predicted molar refractivity (Wildman–Crippen MR) is 71.2 cm³/mol. The van der Waals surface area contributed by atoms with Gasteiger partial charge in [0.25, 0.3) is 0 Å². The monoisotopic (exact) mass is 247 g/mol. The van der Waals surface area contributed by atoms with E-state index in [9.17, 15) is 4.79 Å². The zero-order valence-corrected chi connectivity index (χ0v) is 11.2. The van der Waals surface area contributed by atoms with E-state index in [2.05, 4.69) is 11.6 Å². The zero-order valence-electron chi connectivity index (χ0n) is 10.3. The van der Waals surface area contributed by atoms with E-state index < -0.39 is 5.97 Å². The van der Waals surface area contributed by atoms with Crippen LogP contribution in [-0.4, -0.2) is 36.2 Å². The van der Waals surface area contributed by atoms with Crippen LogP contribution >= 0.6 is 11.8 Å². The summed E-state index contributed by atoms with van der Waals surface area (Å²) in [5.41, 5.74) is 0. The van der Waals surface area contributed by atoms with Crippen LogP contribution in [0.4, 0.5) is 0 Å². The average Bonchev–Trinajstić information content (AvgIpc) is 2.25. The van der Waals surface area contributed by atoms with Gasteiger partial charge in [0.15, 0.2) is 0 Å². The van der Waals surface area contributed by atoms with Crippen LogP contribution < -0.4 is 5.32 Å². The van der Waals surface area contributed by atoms with E-state index in [-0.39, 0.29) is 0 Å². The van der Waals surface area contributed by atoms with Crippen LogP contribution in [0.1, 0.15) is 44.9 Å². The summed E-state index contributed by atoms with van der Waals surface area (Å²) >= 11 is 1.91. The van der Waals surface area contributed by atoms with Crippen LogP contribution in [-0.2, 0) is 4.79 Å². The Morgan fingerprint density at radius 2 is 1.69 bits per heavy atom. The maximum absolute atomic E-state index is 10.2. The van der Waals surface area contributed by atoms with E-state index in [1.54, 1.807) is 0 Å². The van der Waals surface area contributed by atoms with E-state index in [0.29, 0.717) is 6.42 Å². The number of carboxylic acids is 1. The minimum absolute atomic E-state index is 0.314. The Labute approximate surface area is 103 Å². The molecule has 0 amide bonds. The molecule has 0 aliphatic rings. The number of hydrogen-bond donors (Lipinski definition) is 2. The first-order chi connectivity index (χ1) is 7.77. The van der Waals surface area contributed by atoms with Gasteiger partial charge in [-0.1, -0.05) is 12.8 Å². The van der Waals surface area contributed by atoms with Gasteiger partial charge in [-0.25, -0.2) is 0 Å². The van der Waals surface area contributed by atoms with E-state index >= 15 is 0 Å². The number of rotatable bonds is 12. The smallest absolute Gasteiger partial charge is 0.303 e. The van der Waals surface area contributed by atoms with Crippen molar-refractivity contribution in [2.24, 2.45) is 0 Å². The molecule has 0 aromatic rings. The number of carboxylic acid groups (broad SMARTS) is 1. The first kappa shape index (κ1) is 15.8. The lowest BCUT2D eigenvalue weighted by Gasteiger charge is -2.04. The van der Waals surface area contributed by atoms with Gasteiger partial charge in [0.05, 0.1) is 0 Å². The van der Waals surface area contributed by atoms with Gasteiger partial charge in [0.2, 0.25) is 0 Å². The Morgan fingerprint density at radius 3 is 2.25 bits per heavy atom. The van der Waals surface area contributed by atoms with Crippen molar-refractivity contribution in [1.82, 2.24) is 5.32 Å². The summed E-state index contributed by atoms with van der Waals surface area (Å²) in [4.78, 5) is 10.2. The summed E-state index contributed by atoms with van der Waals surface area (Å²) < 4.78 is 0. The highest BCUT2D eigenvalue weighted by atomic mass is 32.2. The fourth-order valence-electron chi connectivity index (χ4n) is 1.50.